The number of fused-ring (bicyclic) bond motifs is 1. The van der Waals surface area contributed by atoms with E-state index in [0.29, 0.717) is 40.6 Å². The van der Waals surface area contributed by atoms with Crippen molar-refractivity contribution in [3.63, 3.8) is 0 Å². The molecule has 204 valence electrons. The summed E-state index contributed by atoms with van der Waals surface area (Å²) >= 11 is 0. The molecule has 0 unspecified atom stereocenters. The molecule has 1 amide bonds. The van der Waals surface area contributed by atoms with Crippen LogP contribution in [0.1, 0.15) is 26.3 Å². The normalized spacial score (nSPS) is 11.4. The first-order valence-electron chi connectivity index (χ1n) is 12.7. The number of aromatic nitrogens is 4. The monoisotopic (exact) mass is 538 g/mol. The molecular weight excluding hydrogens is 508 g/mol. The summed E-state index contributed by atoms with van der Waals surface area (Å²) in [5.41, 5.74) is 8.59. The number of ether oxygens (including phenoxy) is 2. The first-order valence-corrected chi connectivity index (χ1v) is 12.7. The number of hydrogen-bond donors (Lipinski definition) is 1. The molecule has 0 aliphatic rings. The first kappa shape index (κ1) is 26.5. The van der Waals surface area contributed by atoms with Crippen LogP contribution in [-0.4, -0.2) is 37.8 Å². The lowest BCUT2D eigenvalue weighted by atomic mass is 10.2. The highest BCUT2D eigenvalue weighted by Crippen LogP contribution is 2.26. The SMILES string of the molecule is CN(C(=O)OC(C)(C)C)c1cccc(-n2c(=O)n(-c3ccc(OCc4ccccc4)cc3)c3c(N)ncnc32)c1. The summed E-state index contributed by atoms with van der Waals surface area (Å²) in [5, 5.41) is 0. The van der Waals surface area contributed by atoms with E-state index in [0.717, 1.165) is 5.56 Å². The molecule has 2 N–H and O–H groups in total. The van der Waals surface area contributed by atoms with Crippen LogP contribution in [-0.2, 0) is 11.3 Å². The van der Waals surface area contributed by atoms with Crippen molar-refractivity contribution in [2.24, 2.45) is 0 Å². The molecule has 0 aliphatic carbocycles. The second-order valence-corrected chi connectivity index (χ2v) is 10.2. The Bertz CT molecular complexity index is 1720. The molecular formula is C30H30N6O4. The largest absolute Gasteiger partial charge is 0.489 e. The van der Waals surface area contributed by atoms with E-state index in [1.54, 1.807) is 76.3 Å². The lowest BCUT2D eigenvalue weighted by molar-refractivity contribution is 0.0589. The zero-order chi connectivity index (χ0) is 28.4. The van der Waals surface area contributed by atoms with E-state index in [4.69, 9.17) is 15.2 Å². The molecule has 2 heterocycles. The van der Waals surface area contributed by atoms with E-state index >= 15 is 0 Å². The van der Waals surface area contributed by atoms with Gasteiger partial charge in [-0.05, 0) is 68.8 Å². The Kier molecular flexibility index (Phi) is 7.00. The molecule has 40 heavy (non-hydrogen) atoms. The highest BCUT2D eigenvalue weighted by atomic mass is 16.6. The number of anilines is 2. The minimum atomic E-state index is -0.649. The predicted molar refractivity (Wildman–Crippen MR) is 154 cm³/mol. The number of nitrogen functional groups attached to an aromatic ring is 1. The Balaban J connectivity index is 1.52. The van der Waals surface area contributed by atoms with Crippen LogP contribution >= 0.6 is 0 Å². The standard InChI is InChI=1S/C30H30N6O4/c1-30(2,3)40-29(38)34(4)22-11-8-12-23(17-22)36-27-25(26(31)32-19-33-27)35(28(36)37)21-13-15-24(16-14-21)39-18-20-9-6-5-7-10-20/h5-17,19H,18H2,1-4H3,(H2,31,32,33). The Hall–Kier alpha value is -5.12. The van der Waals surface area contributed by atoms with Crippen molar-refractivity contribution in [3.8, 4) is 17.1 Å². The molecule has 0 bridgehead atoms. The molecule has 0 aliphatic heterocycles. The molecule has 0 spiro atoms. The van der Waals surface area contributed by atoms with Crippen LogP contribution in [0.3, 0.4) is 0 Å². The molecule has 0 fully saturated rings. The number of amides is 1. The van der Waals surface area contributed by atoms with Gasteiger partial charge in [0.15, 0.2) is 11.5 Å². The van der Waals surface area contributed by atoms with Crippen molar-refractivity contribution in [1.29, 1.82) is 0 Å². The molecule has 10 heteroatoms. The van der Waals surface area contributed by atoms with Crippen LogP contribution in [0.25, 0.3) is 22.5 Å². The minimum absolute atomic E-state index is 0.160. The number of nitrogens with two attached hydrogens (primary N) is 1. The Morgan fingerprint density at radius 2 is 1.65 bits per heavy atom. The third kappa shape index (κ3) is 5.37. The van der Waals surface area contributed by atoms with E-state index < -0.39 is 17.4 Å². The number of nitrogens with zero attached hydrogens (tertiary/aromatic N) is 5. The average molecular weight is 539 g/mol. The maximum Gasteiger partial charge on any atom is 0.414 e. The molecule has 10 nitrogen and oxygen atoms in total. The van der Waals surface area contributed by atoms with Crippen molar-refractivity contribution in [2.75, 3.05) is 17.7 Å². The second-order valence-electron chi connectivity index (χ2n) is 10.2. The van der Waals surface area contributed by atoms with Gasteiger partial charge in [0.25, 0.3) is 0 Å². The number of carbonyl (C=O) groups is 1. The number of carbonyl (C=O) groups excluding carboxylic acids is 1. The number of rotatable bonds is 6. The van der Waals surface area contributed by atoms with Gasteiger partial charge in [0.2, 0.25) is 0 Å². The maximum absolute atomic E-state index is 13.9. The van der Waals surface area contributed by atoms with Gasteiger partial charge in [-0.2, -0.15) is 0 Å². The lowest BCUT2D eigenvalue weighted by Crippen LogP contribution is -2.34. The fourth-order valence-corrected chi connectivity index (χ4v) is 4.23. The third-order valence-corrected chi connectivity index (χ3v) is 6.14. The van der Waals surface area contributed by atoms with Gasteiger partial charge in [-0.3, -0.25) is 9.47 Å². The predicted octanol–water partition coefficient (Wildman–Crippen LogP) is 5.10. The van der Waals surface area contributed by atoms with Crippen LogP contribution < -0.4 is 21.1 Å². The topological polar surface area (TPSA) is 118 Å². The van der Waals surface area contributed by atoms with E-state index in [1.807, 2.05) is 30.3 Å². The summed E-state index contributed by atoms with van der Waals surface area (Å²) in [7, 11) is 1.61. The third-order valence-electron chi connectivity index (χ3n) is 6.14. The quantitative estimate of drug-likeness (QED) is 0.319. The van der Waals surface area contributed by atoms with Crippen LogP contribution in [0, 0.1) is 0 Å². The Labute approximate surface area is 231 Å². The zero-order valence-corrected chi connectivity index (χ0v) is 22.7. The van der Waals surface area contributed by atoms with Crippen molar-refractivity contribution in [3.05, 3.63) is 101 Å². The zero-order valence-electron chi connectivity index (χ0n) is 22.7. The molecule has 0 saturated heterocycles. The van der Waals surface area contributed by atoms with Gasteiger partial charge in [-0.25, -0.2) is 24.1 Å². The highest BCUT2D eigenvalue weighted by molar-refractivity contribution is 5.88. The van der Waals surface area contributed by atoms with Crippen molar-refractivity contribution in [2.45, 2.75) is 33.0 Å². The van der Waals surface area contributed by atoms with Crippen LogP contribution in [0.15, 0.2) is 90.0 Å². The van der Waals surface area contributed by atoms with E-state index in [1.165, 1.54) is 20.4 Å². The number of imidazole rings is 1. The van der Waals surface area contributed by atoms with Gasteiger partial charge < -0.3 is 15.2 Å². The highest BCUT2D eigenvalue weighted by Gasteiger charge is 2.23. The molecule has 0 atom stereocenters. The number of hydrogen-bond acceptors (Lipinski definition) is 7. The van der Waals surface area contributed by atoms with Crippen molar-refractivity contribution >= 4 is 28.8 Å². The van der Waals surface area contributed by atoms with Gasteiger partial charge in [0, 0.05) is 12.7 Å². The fraction of sp³-hybridized carbons (Fsp3) is 0.200. The average Bonchev–Trinajstić information content (AvgIpc) is 3.24. The summed E-state index contributed by atoms with van der Waals surface area (Å²) in [6.07, 6.45) is 0.801. The van der Waals surface area contributed by atoms with Crippen LogP contribution in [0.4, 0.5) is 16.3 Å². The molecule has 0 radical (unpaired) electrons. The smallest absolute Gasteiger partial charge is 0.414 e. The Morgan fingerprint density at radius 3 is 2.35 bits per heavy atom. The molecule has 5 aromatic rings. The Morgan fingerprint density at radius 1 is 0.925 bits per heavy atom. The fourth-order valence-electron chi connectivity index (χ4n) is 4.23. The van der Waals surface area contributed by atoms with Crippen molar-refractivity contribution < 1.29 is 14.3 Å². The lowest BCUT2D eigenvalue weighted by Gasteiger charge is -2.25. The van der Waals surface area contributed by atoms with E-state index in [-0.39, 0.29) is 5.82 Å². The van der Waals surface area contributed by atoms with Gasteiger partial charge in [0.05, 0.1) is 11.4 Å². The van der Waals surface area contributed by atoms with Gasteiger partial charge in [-0.1, -0.05) is 36.4 Å². The van der Waals surface area contributed by atoms with E-state index in [9.17, 15) is 9.59 Å². The van der Waals surface area contributed by atoms with Crippen LogP contribution in [0.2, 0.25) is 0 Å². The van der Waals surface area contributed by atoms with Crippen molar-refractivity contribution in [1.82, 2.24) is 19.1 Å². The molecule has 2 aromatic heterocycles. The van der Waals surface area contributed by atoms with E-state index in [2.05, 4.69) is 9.97 Å². The van der Waals surface area contributed by atoms with Gasteiger partial charge in [0.1, 0.15) is 29.8 Å². The minimum Gasteiger partial charge on any atom is -0.489 e. The molecule has 5 rings (SSSR count). The summed E-state index contributed by atoms with van der Waals surface area (Å²) in [6.45, 7) is 5.83. The molecule has 0 saturated carbocycles. The first-order chi connectivity index (χ1) is 19.1. The summed E-state index contributed by atoms with van der Waals surface area (Å²) in [6, 6.07) is 24.0. The van der Waals surface area contributed by atoms with Gasteiger partial charge >= 0.3 is 11.8 Å². The maximum atomic E-state index is 13.9. The summed E-state index contributed by atoms with van der Waals surface area (Å²) < 4.78 is 14.3. The molecule has 3 aromatic carbocycles. The summed E-state index contributed by atoms with van der Waals surface area (Å²) in [5.74, 6) is 0.818. The summed E-state index contributed by atoms with van der Waals surface area (Å²) in [4.78, 5) is 36.5. The van der Waals surface area contributed by atoms with Crippen LogP contribution in [0.5, 0.6) is 5.75 Å². The van der Waals surface area contributed by atoms with Gasteiger partial charge in [-0.15, -0.1) is 0 Å². The number of benzene rings is 3. The second kappa shape index (κ2) is 10.6.